The number of rotatable bonds is 1. The van der Waals surface area contributed by atoms with Gasteiger partial charge >= 0.3 is 0 Å². The third kappa shape index (κ3) is 3.74. The van der Waals surface area contributed by atoms with Crippen molar-refractivity contribution in [2.24, 2.45) is 0 Å². The first kappa shape index (κ1) is 10.5. The first-order valence-electron chi connectivity index (χ1n) is 4.96. The molecule has 0 aromatic carbocycles. The molecule has 0 radical (unpaired) electrons. The Morgan fingerprint density at radius 3 is 2.54 bits per heavy atom. The predicted molar refractivity (Wildman–Crippen MR) is 50.1 cm³/mol. The number of carbonyl (C=O) groups excluding carboxylic acids is 1. The Bertz CT molecular complexity index is 180. The minimum atomic E-state index is -0.109. The summed E-state index contributed by atoms with van der Waals surface area (Å²) in [6.07, 6.45) is 0. The minimum absolute atomic E-state index is 0.105. The van der Waals surface area contributed by atoms with Crippen LogP contribution in [0.4, 0.5) is 0 Å². The fraction of sp³-hybridized carbons (Fsp3) is 0.889. The minimum Gasteiger partial charge on any atom is -0.346 e. The van der Waals surface area contributed by atoms with Crippen LogP contribution in [0.5, 0.6) is 0 Å². The van der Waals surface area contributed by atoms with Crippen molar-refractivity contribution in [1.82, 2.24) is 5.32 Å². The molecular formula is C9H21N3O+2. The summed E-state index contributed by atoms with van der Waals surface area (Å²) in [4.78, 5) is 11.7. The van der Waals surface area contributed by atoms with Crippen LogP contribution in [0.1, 0.15) is 20.8 Å². The highest BCUT2D eigenvalue weighted by molar-refractivity contribution is 5.80. The molecular weight excluding hydrogens is 166 g/mol. The van der Waals surface area contributed by atoms with Gasteiger partial charge in [0.05, 0.1) is 0 Å². The molecule has 0 bridgehead atoms. The lowest BCUT2D eigenvalue weighted by atomic mass is 10.1. The topological polar surface area (TPSA) is 62.3 Å². The second kappa shape index (κ2) is 4.07. The van der Waals surface area contributed by atoms with Gasteiger partial charge in [-0.2, -0.15) is 0 Å². The second-order valence-electron chi connectivity index (χ2n) is 4.68. The second-order valence-corrected chi connectivity index (χ2v) is 4.68. The number of carbonyl (C=O) groups is 1. The van der Waals surface area contributed by atoms with Crippen molar-refractivity contribution >= 4 is 5.91 Å². The van der Waals surface area contributed by atoms with E-state index in [2.05, 4.69) is 16.0 Å². The molecule has 1 heterocycles. The van der Waals surface area contributed by atoms with Gasteiger partial charge in [-0.1, -0.05) is 0 Å². The Balaban J connectivity index is 2.38. The van der Waals surface area contributed by atoms with E-state index in [1.807, 2.05) is 20.8 Å². The number of amides is 1. The highest BCUT2D eigenvalue weighted by Gasteiger charge is 2.29. The number of nitrogens with one attached hydrogen (secondary N) is 1. The van der Waals surface area contributed by atoms with E-state index in [1.54, 1.807) is 0 Å². The molecule has 0 spiro atoms. The molecule has 1 aliphatic rings. The summed E-state index contributed by atoms with van der Waals surface area (Å²) < 4.78 is 0. The van der Waals surface area contributed by atoms with Gasteiger partial charge in [-0.05, 0) is 20.8 Å². The zero-order chi connectivity index (χ0) is 9.90. The van der Waals surface area contributed by atoms with Gasteiger partial charge in [0.2, 0.25) is 6.04 Å². The highest BCUT2D eigenvalue weighted by Crippen LogP contribution is 1.97. The maximum Gasteiger partial charge on any atom is 0.284 e. The van der Waals surface area contributed by atoms with Crippen molar-refractivity contribution in [3.63, 3.8) is 0 Å². The summed E-state index contributed by atoms with van der Waals surface area (Å²) in [5, 5.41) is 7.33. The fourth-order valence-electron chi connectivity index (χ4n) is 1.49. The molecule has 1 fully saturated rings. The summed E-state index contributed by atoms with van der Waals surface area (Å²) in [5.74, 6) is 0.170. The lowest BCUT2D eigenvalue weighted by Crippen LogP contribution is -3.09. The summed E-state index contributed by atoms with van der Waals surface area (Å²) in [6, 6.07) is 0.105. The van der Waals surface area contributed by atoms with Crippen molar-refractivity contribution in [2.45, 2.75) is 32.4 Å². The van der Waals surface area contributed by atoms with Crippen LogP contribution in [0.2, 0.25) is 0 Å². The summed E-state index contributed by atoms with van der Waals surface area (Å²) in [7, 11) is 0. The van der Waals surface area contributed by atoms with Gasteiger partial charge in [0, 0.05) is 5.54 Å². The summed E-state index contributed by atoms with van der Waals surface area (Å²) in [6.45, 7) is 9.11. The largest absolute Gasteiger partial charge is 0.346 e. The van der Waals surface area contributed by atoms with E-state index in [0.29, 0.717) is 0 Å². The van der Waals surface area contributed by atoms with Crippen LogP contribution in [-0.4, -0.2) is 37.1 Å². The van der Waals surface area contributed by atoms with Crippen LogP contribution >= 0.6 is 0 Å². The Morgan fingerprint density at radius 2 is 2.08 bits per heavy atom. The Morgan fingerprint density at radius 1 is 1.38 bits per heavy atom. The summed E-state index contributed by atoms with van der Waals surface area (Å²) >= 11 is 0. The molecule has 5 N–H and O–H groups in total. The SMILES string of the molecule is CC(C)(C)NC(=O)[C@@H]1C[NH2+]CC[NH2+]1. The molecule has 1 aliphatic heterocycles. The highest BCUT2D eigenvalue weighted by atomic mass is 16.2. The van der Waals surface area contributed by atoms with Gasteiger partial charge in [0.1, 0.15) is 19.6 Å². The lowest BCUT2D eigenvalue weighted by Gasteiger charge is -2.24. The van der Waals surface area contributed by atoms with Crippen LogP contribution in [-0.2, 0) is 4.79 Å². The van der Waals surface area contributed by atoms with Gasteiger partial charge in [0.15, 0.2) is 0 Å². The van der Waals surface area contributed by atoms with E-state index in [0.717, 1.165) is 19.6 Å². The molecule has 1 amide bonds. The normalized spacial score (nSPS) is 24.1. The van der Waals surface area contributed by atoms with E-state index in [1.165, 1.54) is 0 Å². The zero-order valence-corrected chi connectivity index (χ0v) is 8.76. The third-order valence-electron chi connectivity index (χ3n) is 2.08. The molecule has 76 valence electrons. The number of hydrogen-bond acceptors (Lipinski definition) is 1. The fourth-order valence-corrected chi connectivity index (χ4v) is 1.49. The van der Waals surface area contributed by atoms with E-state index in [4.69, 9.17) is 0 Å². The molecule has 4 heteroatoms. The molecule has 0 saturated carbocycles. The van der Waals surface area contributed by atoms with Crippen LogP contribution in [0.15, 0.2) is 0 Å². The molecule has 0 aromatic rings. The third-order valence-corrected chi connectivity index (χ3v) is 2.08. The molecule has 1 rings (SSSR count). The van der Waals surface area contributed by atoms with Crippen LogP contribution in [0, 0.1) is 0 Å². The molecule has 1 saturated heterocycles. The molecule has 0 aromatic heterocycles. The van der Waals surface area contributed by atoms with E-state index in [9.17, 15) is 4.79 Å². The van der Waals surface area contributed by atoms with E-state index >= 15 is 0 Å². The molecule has 4 nitrogen and oxygen atoms in total. The van der Waals surface area contributed by atoms with Crippen molar-refractivity contribution in [1.29, 1.82) is 0 Å². The number of hydrogen-bond donors (Lipinski definition) is 3. The van der Waals surface area contributed by atoms with Gasteiger partial charge in [-0.25, -0.2) is 0 Å². The number of quaternary nitrogens is 2. The molecule has 0 unspecified atom stereocenters. The molecule has 13 heavy (non-hydrogen) atoms. The smallest absolute Gasteiger partial charge is 0.284 e. The van der Waals surface area contributed by atoms with Crippen LogP contribution in [0.25, 0.3) is 0 Å². The quantitative estimate of drug-likeness (QED) is 0.414. The van der Waals surface area contributed by atoms with Crippen molar-refractivity contribution in [3.05, 3.63) is 0 Å². The van der Waals surface area contributed by atoms with E-state index < -0.39 is 0 Å². The lowest BCUT2D eigenvalue weighted by molar-refractivity contribution is -0.802. The first-order chi connectivity index (χ1) is 5.99. The molecule has 1 atom stereocenters. The number of piperazine rings is 1. The Labute approximate surface area is 79.5 Å². The Kier molecular flexibility index (Phi) is 3.27. The maximum atomic E-state index is 11.7. The molecule has 0 aliphatic carbocycles. The van der Waals surface area contributed by atoms with E-state index in [-0.39, 0.29) is 17.5 Å². The first-order valence-corrected chi connectivity index (χ1v) is 4.96. The van der Waals surface area contributed by atoms with Crippen molar-refractivity contribution in [3.8, 4) is 0 Å². The van der Waals surface area contributed by atoms with Crippen LogP contribution < -0.4 is 16.0 Å². The Hall–Kier alpha value is -0.610. The van der Waals surface area contributed by atoms with Gasteiger partial charge in [0.25, 0.3) is 5.91 Å². The average Bonchev–Trinajstić information content (AvgIpc) is 2.03. The monoisotopic (exact) mass is 187 g/mol. The van der Waals surface area contributed by atoms with Crippen LogP contribution in [0.3, 0.4) is 0 Å². The summed E-state index contributed by atoms with van der Waals surface area (Å²) in [5.41, 5.74) is -0.109. The van der Waals surface area contributed by atoms with Gasteiger partial charge in [-0.15, -0.1) is 0 Å². The number of nitrogens with two attached hydrogens (primary N) is 2. The van der Waals surface area contributed by atoms with Gasteiger partial charge < -0.3 is 16.0 Å². The predicted octanol–water partition coefficient (Wildman–Crippen LogP) is -2.59. The van der Waals surface area contributed by atoms with Crippen molar-refractivity contribution in [2.75, 3.05) is 19.6 Å². The maximum absolute atomic E-state index is 11.7. The van der Waals surface area contributed by atoms with Gasteiger partial charge in [-0.3, -0.25) is 4.79 Å². The zero-order valence-electron chi connectivity index (χ0n) is 8.76. The average molecular weight is 187 g/mol. The standard InChI is InChI=1S/C9H19N3O/c1-9(2,3)12-8(13)7-6-10-4-5-11-7/h7,10-11H,4-6H2,1-3H3,(H,12,13)/p+2/t7-/m0/s1. The van der Waals surface area contributed by atoms with Crippen molar-refractivity contribution < 1.29 is 15.4 Å².